The lowest BCUT2D eigenvalue weighted by molar-refractivity contribution is -0.0637. The van der Waals surface area contributed by atoms with Crippen molar-refractivity contribution in [2.24, 2.45) is 28.9 Å². The van der Waals surface area contributed by atoms with E-state index in [0.717, 1.165) is 17.8 Å². The zero-order valence-electron chi connectivity index (χ0n) is 10.7. The lowest BCUT2D eigenvalue weighted by Crippen LogP contribution is -2.53. The highest BCUT2D eigenvalue weighted by molar-refractivity contribution is 7.79. The van der Waals surface area contributed by atoms with E-state index in [1.54, 1.807) is 0 Å². The Balaban J connectivity index is 0.000000209. The second kappa shape index (κ2) is 4.74. The second-order valence-corrected chi connectivity index (χ2v) is 7.41. The van der Waals surface area contributed by atoms with Gasteiger partial charge < -0.3 is 5.73 Å². The van der Waals surface area contributed by atoms with E-state index in [1.165, 1.54) is 38.5 Å². The number of hydrogen-bond donors (Lipinski definition) is 3. The molecule has 18 heavy (non-hydrogen) atoms. The minimum Gasteiger partial charge on any atom is -0.327 e. The van der Waals surface area contributed by atoms with Gasteiger partial charge in [-0.3, -0.25) is 9.11 Å². The minimum atomic E-state index is -4.67. The molecule has 0 aromatic rings. The zero-order valence-corrected chi connectivity index (χ0v) is 11.6. The number of rotatable bonds is 1. The van der Waals surface area contributed by atoms with E-state index in [9.17, 15) is 0 Å². The fraction of sp³-hybridized carbons (Fsp3) is 1.00. The van der Waals surface area contributed by atoms with Crippen molar-refractivity contribution in [3.05, 3.63) is 0 Å². The van der Waals surface area contributed by atoms with Crippen molar-refractivity contribution >= 4 is 10.4 Å². The Labute approximate surface area is 109 Å². The molecule has 4 bridgehead atoms. The third kappa shape index (κ3) is 3.23. The van der Waals surface area contributed by atoms with E-state index >= 15 is 0 Å². The van der Waals surface area contributed by atoms with Crippen LogP contribution in [0.2, 0.25) is 0 Å². The summed E-state index contributed by atoms with van der Waals surface area (Å²) in [7, 11) is -4.67. The highest BCUT2D eigenvalue weighted by Gasteiger charge is 2.52. The summed E-state index contributed by atoms with van der Waals surface area (Å²) >= 11 is 0. The molecule has 0 radical (unpaired) electrons. The number of nitrogens with two attached hydrogens (primary N) is 1. The van der Waals surface area contributed by atoms with Gasteiger partial charge in [0.2, 0.25) is 0 Å². The van der Waals surface area contributed by atoms with Crippen LogP contribution in [0.5, 0.6) is 0 Å². The molecule has 4 fully saturated rings. The lowest BCUT2D eigenvalue weighted by Gasteiger charge is -2.58. The van der Waals surface area contributed by atoms with Crippen LogP contribution in [0.4, 0.5) is 0 Å². The van der Waals surface area contributed by atoms with Gasteiger partial charge in [-0.2, -0.15) is 8.42 Å². The third-order valence-corrected chi connectivity index (χ3v) is 5.05. The second-order valence-electron chi connectivity index (χ2n) is 6.52. The van der Waals surface area contributed by atoms with E-state index < -0.39 is 10.4 Å². The molecule has 1 atom stereocenters. The molecule has 4 N–H and O–H groups in total. The molecule has 0 spiro atoms. The van der Waals surface area contributed by atoms with Gasteiger partial charge in [-0.25, -0.2) is 0 Å². The first-order chi connectivity index (χ1) is 8.18. The third-order valence-electron chi connectivity index (χ3n) is 5.05. The normalized spacial score (nSPS) is 43.2. The average molecular weight is 277 g/mol. The summed E-state index contributed by atoms with van der Waals surface area (Å²) in [6.45, 7) is 2.24. The van der Waals surface area contributed by atoms with E-state index in [1.807, 2.05) is 0 Å². The highest BCUT2D eigenvalue weighted by Crippen LogP contribution is 2.60. The van der Waals surface area contributed by atoms with Gasteiger partial charge in [-0.15, -0.1) is 0 Å². The average Bonchev–Trinajstić information content (AvgIpc) is 2.11. The molecule has 5 nitrogen and oxygen atoms in total. The van der Waals surface area contributed by atoms with E-state index in [0.29, 0.717) is 11.5 Å². The van der Waals surface area contributed by atoms with Crippen LogP contribution in [0.15, 0.2) is 0 Å². The van der Waals surface area contributed by atoms with Gasteiger partial charge in [0, 0.05) is 6.04 Å². The predicted octanol–water partition coefficient (Wildman–Crippen LogP) is 1.90. The minimum absolute atomic E-state index is 0.445. The van der Waals surface area contributed by atoms with Crippen LogP contribution < -0.4 is 5.73 Å². The summed E-state index contributed by atoms with van der Waals surface area (Å²) in [5, 5.41) is 0. The molecule has 106 valence electrons. The van der Waals surface area contributed by atoms with E-state index in [4.69, 9.17) is 23.3 Å². The number of hydrogen-bond acceptors (Lipinski definition) is 3. The molecular weight excluding hydrogens is 254 g/mol. The highest BCUT2D eigenvalue weighted by atomic mass is 32.3. The van der Waals surface area contributed by atoms with Gasteiger partial charge >= 0.3 is 10.4 Å². The van der Waals surface area contributed by atoms with E-state index in [2.05, 4.69) is 6.92 Å². The molecule has 0 aromatic heterocycles. The van der Waals surface area contributed by atoms with Crippen LogP contribution in [0.25, 0.3) is 0 Å². The van der Waals surface area contributed by atoms with Crippen LogP contribution in [0, 0.1) is 23.2 Å². The molecular formula is C12H23NO4S. The van der Waals surface area contributed by atoms with Crippen LogP contribution in [-0.2, 0) is 10.4 Å². The fourth-order valence-electron chi connectivity index (χ4n) is 4.74. The maximum Gasteiger partial charge on any atom is 0.394 e. The van der Waals surface area contributed by atoms with Crippen LogP contribution in [0.3, 0.4) is 0 Å². The molecule has 1 unspecified atom stereocenters. The lowest BCUT2D eigenvalue weighted by atomic mass is 9.48. The van der Waals surface area contributed by atoms with Gasteiger partial charge in [0.05, 0.1) is 0 Å². The Morgan fingerprint density at radius 3 is 1.56 bits per heavy atom. The molecule has 4 aliphatic rings. The van der Waals surface area contributed by atoms with Crippen LogP contribution in [-0.4, -0.2) is 23.6 Å². The first-order valence-electron chi connectivity index (χ1n) is 6.63. The summed E-state index contributed by atoms with van der Waals surface area (Å²) in [6, 6.07) is 0.445. The van der Waals surface area contributed by atoms with Gasteiger partial charge in [0.15, 0.2) is 0 Å². The Morgan fingerprint density at radius 2 is 1.33 bits per heavy atom. The summed E-state index contributed by atoms with van der Waals surface area (Å²) in [4.78, 5) is 0. The SMILES string of the molecule is CC(N)C12CC3CC(CC(C3)C1)C2.O=S(=O)(O)O. The molecule has 0 saturated heterocycles. The maximum absolute atomic E-state index is 8.74. The summed E-state index contributed by atoms with van der Waals surface area (Å²) in [5.41, 5.74) is 6.77. The van der Waals surface area contributed by atoms with Gasteiger partial charge in [0.1, 0.15) is 0 Å². The van der Waals surface area contributed by atoms with Gasteiger partial charge in [0.25, 0.3) is 0 Å². The van der Waals surface area contributed by atoms with Crippen molar-refractivity contribution in [2.45, 2.75) is 51.5 Å². The standard InChI is InChI=1S/C12H21N.H2O4S/c1-8(13)12-5-9-2-10(6-12)4-11(3-9)7-12;1-5(2,3)4/h8-11H,2-7,13H2,1H3;(H2,1,2,3,4). The molecule has 0 heterocycles. The molecule has 4 aliphatic carbocycles. The predicted molar refractivity (Wildman–Crippen MR) is 68.4 cm³/mol. The molecule has 0 aliphatic heterocycles. The van der Waals surface area contributed by atoms with Crippen molar-refractivity contribution < 1.29 is 17.5 Å². The van der Waals surface area contributed by atoms with Gasteiger partial charge in [-0.05, 0) is 68.6 Å². The van der Waals surface area contributed by atoms with Crippen molar-refractivity contribution in [3.63, 3.8) is 0 Å². The van der Waals surface area contributed by atoms with Crippen molar-refractivity contribution in [1.29, 1.82) is 0 Å². The largest absolute Gasteiger partial charge is 0.394 e. The Morgan fingerprint density at radius 1 is 1.06 bits per heavy atom. The Bertz CT molecular complexity index is 361. The molecule has 6 heteroatoms. The smallest absolute Gasteiger partial charge is 0.327 e. The van der Waals surface area contributed by atoms with Crippen LogP contribution >= 0.6 is 0 Å². The monoisotopic (exact) mass is 277 g/mol. The van der Waals surface area contributed by atoms with Crippen molar-refractivity contribution in [1.82, 2.24) is 0 Å². The molecule has 4 rings (SSSR count). The first kappa shape index (κ1) is 14.2. The van der Waals surface area contributed by atoms with Crippen LogP contribution in [0.1, 0.15) is 45.4 Å². The Hall–Kier alpha value is -0.170. The van der Waals surface area contributed by atoms with E-state index in [-0.39, 0.29) is 0 Å². The maximum atomic E-state index is 8.74. The zero-order chi connectivity index (χ0) is 13.6. The van der Waals surface area contributed by atoms with Gasteiger partial charge in [-0.1, -0.05) is 0 Å². The summed E-state index contributed by atoms with van der Waals surface area (Å²) in [5.74, 6) is 3.16. The van der Waals surface area contributed by atoms with Crippen molar-refractivity contribution in [2.75, 3.05) is 0 Å². The topological polar surface area (TPSA) is 101 Å². The Kier molecular flexibility index (Phi) is 3.75. The summed E-state index contributed by atoms with van der Waals surface area (Å²) in [6.07, 6.45) is 8.97. The molecule has 4 saturated carbocycles. The quantitative estimate of drug-likeness (QED) is 0.635. The molecule has 0 aromatic carbocycles. The fourth-order valence-corrected chi connectivity index (χ4v) is 4.74. The first-order valence-corrected chi connectivity index (χ1v) is 8.03. The summed E-state index contributed by atoms with van der Waals surface area (Å²) < 4.78 is 31.6. The molecule has 0 amide bonds. The van der Waals surface area contributed by atoms with Crippen molar-refractivity contribution in [3.8, 4) is 0 Å².